The number of pyridine rings is 1. The van der Waals surface area contributed by atoms with E-state index >= 15 is 0 Å². The molecule has 2 rings (SSSR count). The Bertz CT molecular complexity index is 945. The Balaban J connectivity index is 2.43. The minimum atomic E-state index is -0.784. The lowest BCUT2D eigenvalue weighted by Gasteiger charge is -2.29. The molecule has 12 heteroatoms. The molecule has 0 aliphatic carbocycles. The summed E-state index contributed by atoms with van der Waals surface area (Å²) in [7, 11) is 1.62. The predicted octanol–water partition coefficient (Wildman–Crippen LogP) is 4.25. The number of aliphatic hydroxyl groups is 1. The van der Waals surface area contributed by atoms with Gasteiger partial charge in [0.2, 0.25) is 0 Å². The number of likely N-dealkylation sites (N-methyl/N-ethyl adjacent to an activating group) is 1. The fraction of sp³-hybridized carbons (Fsp3) is 0.579. The summed E-state index contributed by atoms with van der Waals surface area (Å²) in [6.45, 7) is 6.33. The van der Waals surface area contributed by atoms with Crippen LogP contribution < -0.4 is 4.90 Å². The number of hydrogen-bond acceptors (Lipinski definition) is 8. The molecular formula is C19H26Cl2FN5O3S. The highest BCUT2D eigenvalue weighted by Crippen LogP contribution is 2.35. The molecule has 172 valence electrons. The van der Waals surface area contributed by atoms with E-state index in [2.05, 4.69) is 15.0 Å². The van der Waals surface area contributed by atoms with Gasteiger partial charge in [-0.1, -0.05) is 35.0 Å². The van der Waals surface area contributed by atoms with Crippen molar-refractivity contribution in [1.82, 2.24) is 19.9 Å². The summed E-state index contributed by atoms with van der Waals surface area (Å²) in [5.41, 5.74) is -0.651. The molecule has 0 fully saturated rings. The van der Waals surface area contributed by atoms with Crippen molar-refractivity contribution in [3.05, 3.63) is 16.1 Å². The summed E-state index contributed by atoms with van der Waals surface area (Å²) in [6, 6.07) is 0. The number of thioether (sulfide) groups is 1. The topological polar surface area (TPSA) is 91.7 Å². The first-order valence-electron chi connectivity index (χ1n) is 9.54. The number of nitrogens with zero attached hydrogens (tertiary/aromatic N) is 5. The maximum atomic E-state index is 14.7. The molecule has 0 aromatic carbocycles. The Kier molecular flexibility index (Phi) is 8.93. The molecule has 1 N–H and O–H groups in total. The van der Waals surface area contributed by atoms with E-state index in [1.807, 2.05) is 4.90 Å². The highest BCUT2D eigenvalue weighted by Gasteiger charge is 2.24. The van der Waals surface area contributed by atoms with Crippen molar-refractivity contribution in [3.8, 4) is 0 Å². The molecule has 31 heavy (non-hydrogen) atoms. The van der Waals surface area contributed by atoms with Crippen molar-refractivity contribution < 1.29 is 19.0 Å². The van der Waals surface area contributed by atoms with Gasteiger partial charge >= 0.3 is 6.09 Å². The largest absolute Gasteiger partial charge is 0.444 e. The van der Waals surface area contributed by atoms with Crippen LogP contribution in [0.4, 0.5) is 15.0 Å². The van der Waals surface area contributed by atoms with Gasteiger partial charge in [0.05, 0.1) is 5.39 Å². The Morgan fingerprint density at radius 1 is 1.16 bits per heavy atom. The van der Waals surface area contributed by atoms with Crippen LogP contribution in [-0.4, -0.2) is 76.2 Å². The van der Waals surface area contributed by atoms with E-state index in [9.17, 15) is 14.3 Å². The summed E-state index contributed by atoms with van der Waals surface area (Å²) in [5.74, 6) is -0.429. The van der Waals surface area contributed by atoms with Crippen LogP contribution in [0.1, 0.15) is 27.2 Å². The first kappa shape index (κ1) is 25.6. The second-order valence-corrected chi connectivity index (χ2v) is 9.22. The predicted molar refractivity (Wildman–Crippen MR) is 122 cm³/mol. The van der Waals surface area contributed by atoms with Gasteiger partial charge in [-0.2, -0.15) is 0 Å². The number of halogens is 3. The molecule has 0 spiro atoms. The zero-order chi connectivity index (χ0) is 23.3. The summed E-state index contributed by atoms with van der Waals surface area (Å²) in [6.07, 6.45) is 1.73. The Morgan fingerprint density at radius 2 is 1.84 bits per heavy atom. The van der Waals surface area contributed by atoms with Crippen molar-refractivity contribution >= 4 is 57.8 Å². The van der Waals surface area contributed by atoms with Gasteiger partial charge in [0, 0.05) is 33.3 Å². The smallest absolute Gasteiger partial charge is 0.410 e. The molecule has 2 heterocycles. The maximum absolute atomic E-state index is 14.7. The first-order chi connectivity index (χ1) is 14.5. The highest BCUT2D eigenvalue weighted by atomic mass is 35.5. The fourth-order valence-electron chi connectivity index (χ4n) is 2.67. The third-order valence-corrected chi connectivity index (χ3v) is 5.21. The average molecular weight is 494 g/mol. The van der Waals surface area contributed by atoms with Crippen LogP contribution in [-0.2, 0) is 4.74 Å². The monoisotopic (exact) mass is 493 g/mol. The molecule has 0 aliphatic rings. The SMILES string of the molecule is CSc1nc(N(CCCO)CCN(C)C(=O)OC(C)(C)C)c2c(Cl)nc(Cl)c(F)c2n1. The Morgan fingerprint density at radius 3 is 2.42 bits per heavy atom. The second-order valence-electron chi connectivity index (χ2n) is 7.73. The van der Waals surface area contributed by atoms with E-state index in [1.165, 1.54) is 16.7 Å². The van der Waals surface area contributed by atoms with E-state index in [4.69, 9.17) is 27.9 Å². The molecule has 2 aromatic heterocycles. The molecule has 0 aliphatic heterocycles. The maximum Gasteiger partial charge on any atom is 0.410 e. The van der Waals surface area contributed by atoms with Gasteiger partial charge in [0.25, 0.3) is 0 Å². The van der Waals surface area contributed by atoms with Gasteiger partial charge in [0.15, 0.2) is 16.1 Å². The Labute approximate surface area is 195 Å². The van der Waals surface area contributed by atoms with Crippen LogP contribution in [0.15, 0.2) is 5.16 Å². The van der Waals surface area contributed by atoms with Gasteiger partial charge in [-0.05, 0) is 33.4 Å². The van der Waals surface area contributed by atoms with Crippen LogP contribution in [0.25, 0.3) is 10.9 Å². The van der Waals surface area contributed by atoms with Gasteiger partial charge in [-0.25, -0.2) is 24.1 Å². The quantitative estimate of drug-likeness (QED) is 0.331. The highest BCUT2D eigenvalue weighted by molar-refractivity contribution is 7.98. The van der Waals surface area contributed by atoms with Gasteiger partial charge in [-0.3, -0.25) is 0 Å². The standard InChI is InChI=1S/C19H26Cl2FN5O3S/c1-19(2,3)30-18(29)26(4)8-9-27(7-6-10-28)16-11-13(23-17(25-16)31-5)12(22)15(21)24-14(11)20/h28H,6-10H2,1-5H3. The van der Waals surface area contributed by atoms with Crippen molar-refractivity contribution in [2.45, 2.75) is 37.9 Å². The number of fused-ring (bicyclic) bond motifs is 1. The molecular weight excluding hydrogens is 468 g/mol. The number of carbonyl (C=O) groups is 1. The lowest BCUT2D eigenvalue weighted by atomic mass is 10.2. The molecule has 0 bridgehead atoms. The number of carbonyl (C=O) groups excluding carboxylic acids is 1. The first-order valence-corrected chi connectivity index (χ1v) is 11.5. The normalized spacial score (nSPS) is 11.6. The van der Waals surface area contributed by atoms with E-state index in [1.54, 1.807) is 34.1 Å². The number of ether oxygens (including phenoxy) is 1. The third-order valence-electron chi connectivity index (χ3n) is 4.14. The third kappa shape index (κ3) is 6.68. The van der Waals surface area contributed by atoms with Crippen LogP contribution in [0.5, 0.6) is 0 Å². The van der Waals surface area contributed by atoms with E-state index in [0.717, 1.165) is 0 Å². The van der Waals surface area contributed by atoms with Crippen LogP contribution in [0.2, 0.25) is 10.3 Å². The van der Waals surface area contributed by atoms with E-state index in [0.29, 0.717) is 37.0 Å². The lowest BCUT2D eigenvalue weighted by molar-refractivity contribution is 0.0303. The fourth-order valence-corrected chi connectivity index (χ4v) is 3.51. The minimum absolute atomic E-state index is 0.0291. The summed E-state index contributed by atoms with van der Waals surface area (Å²) in [4.78, 5) is 28.1. The number of aliphatic hydroxyl groups excluding tert-OH is 1. The zero-order valence-corrected chi connectivity index (χ0v) is 20.4. The molecule has 0 saturated carbocycles. The molecule has 0 radical (unpaired) electrons. The van der Waals surface area contributed by atoms with Crippen molar-refractivity contribution in [1.29, 1.82) is 0 Å². The number of hydrogen-bond donors (Lipinski definition) is 1. The van der Waals surface area contributed by atoms with Crippen molar-refractivity contribution in [3.63, 3.8) is 0 Å². The summed E-state index contributed by atoms with van der Waals surface area (Å²) >= 11 is 13.4. The Hall–Kier alpha value is -1.62. The molecule has 0 atom stereocenters. The van der Waals surface area contributed by atoms with Crippen LogP contribution in [0.3, 0.4) is 0 Å². The minimum Gasteiger partial charge on any atom is -0.444 e. The van der Waals surface area contributed by atoms with Crippen molar-refractivity contribution in [2.24, 2.45) is 0 Å². The number of anilines is 1. The van der Waals surface area contributed by atoms with Gasteiger partial charge in [-0.15, -0.1) is 0 Å². The van der Waals surface area contributed by atoms with Gasteiger partial charge < -0.3 is 19.6 Å². The summed E-state index contributed by atoms with van der Waals surface area (Å²) < 4.78 is 20.1. The average Bonchev–Trinajstić information content (AvgIpc) is 2.69. The van der Waals surface area contributed by atoms with E-state index < -0.39 is 17.5 Å². The van der Waals surface area contributed by atoms with Crippen molar-refractivity contribution in [2.75, 3.05) is 44.4 Å². The molecule has 1 amide bonds. The van der Waals surface area contributed by atoms with Crippen LogP contribution >= 0.6 is 35.0 Å². The zero-order valence-electron chi connectivity index (χ0n) is 18.1. The molecule has 8 nitrogen and oxygen atoms in total. The molecule has 0 saturated heterocycles. The lowest BCUT2D eigenvalue weighted by Crippen LogP contribution is -2.40. The van der Waals surface area contributed by atoms with Crippen LogP contribution in [0, 0.1) is 5.82 Å². The number of aromatic nitrogens is 3. The molecule has 2 aromatic rings. The second kappa shape index (κ2) is 10.8. The van der Waals surface area contributed by atoms with Gasteiger partial charge in [0.1, 0.15) is 22.1 Å². The van der Waals surface area contributed by atoms with E-state index in [-0.39, 0.29) is 27.8 Å². The summed E-state index contributed by atoms with van der Waals surface area (Å²) in [5, 5.41) is 9.49. The number of amides is 1. The number of rotatable bonds is 8. The molecule has 0 unspecified atom stereocenters.